The van der Waals surface area contributed by atoms with Gasteiger partial charge in [-0.3, -0.25) is 9.59 Å². The fourth-order valence-corrected chi connectivity index (χ4v) is 3.51. The first-order valence-corrected chi connectivity index (χ1v) is 10.2. The number of rotatable bonds is 6. The van der Waals surface area contributed by atoms with Crippen LogP contribution in [0.4, 0.5) is 11.4 Å². The van der Waals surface area contributed by atoms with Crippen LogP contribution in [0, 0.1) is 13.8 Å². The smallest absolute Gasteiger partial charge is 0.282 e. The summed E-state index contributed by atoms with van der Waals surface area (Å²) in [6.45, 7) is 6.43. The Morgan fingerprint density at radius 3 is 1.94 bits per heavy atom. The number of imide groups is 1. The van der Waals surface area contributed by atoms with Crippen LogP contribution in [0.5, 0.6) is 5.75 Å². The van der Waals surface area contributed by atoms with E-state index in [0.29, 0.717) is 29.2 Å². The van der Waals surface area contributed by atoms with Crippen molar-refractivity contribution in [3.63, 3.8) is 0 Å². The van der Waals surface area contributed by atoms with Crippen LogP contribution in [0.1, 0.15) is 23.6 Å². The third-order valence-electron chi connectivity index (χ3n) is 5.15. The van der Waals surface area contributed by atoms with E-state index in [-0.39, 0.29) is 17.5 Å². The third kappa shape index (κ3) is 4.08. The predicted molar refractivity (Wildman–Crippen MR) is 123 cm³/mol. The van der Waals surface area contributed by atoms with Crippen LogP contribution in [0.3, 0.4) is 0 Å². The van der Waals surface area contributed by atoms with E-state index in [1.807, 2.05) is 69.3 Å². The molecule has 1 heterocycles. The van der Waals surface area contributed by atoms with Gasteiger partial charge in [-0.15, -0.1) is 0 Å². The summed E-state index contributed by atoms with van der Waals surface area (Å²) in [5.41, 5.74) is 4.78. The monoisotopic (exact) mass is 412 g/mol. The second kappa shape index (κ2) is 8.48. The molecule has 31 heavy (non-hydrogen) atoms. The van der Waals surface area contributed by atoms with Crippen LogP contribution in [0.15, 0.2) is 78.5 Å². The Hall–Kier alpha value is -3.86. The van der Waals surface area contributed by atoms with Crippen LogP contribution in [0.2, 0.25) is 0 Å². The quantitative estimate of drug-likeness (QED) is 0.573. The number of nitrogens with zero attached hydrogens (tertiary/aromatic N) is 1. The zero-order valence-corrected chi connectivity index (χ0v) is 17.8. The molecule has 0 radical (unpaired) electrons. The summed E-state index contributed by atoms with van der Waals surface area (Å²) in [5.74, 6) is -0.0481. The Balaban J connectivity index is 1.75. The minimum atomic E-state index is -0.384. The van der Waals surface area contributed by atoms with Gasteiger partial charge in [0.05, 0.1) is 17.9 Å². The molecule has 2 amide bonds. The molecule has 0 aliphatic carbocycles. The van der Waals surface area contributed by atoms with Gasteiger partial charge in [0.1, 0.15) is 11.4 Å². The number of amides is 2. The third-order valence-corrected chi connectivity index (χ3v) is 5.15. The lowest BCUT2D eigenvalue weighted by molar-refractivity contribution is -0.120. The Morgan fingerprint density at radius 1 is 0.774 bits per heavy atom. The topological polar surface area (TPSA) is 58.6 Å². The van der Waals surface area contributed by atoms with Gasteiger partial charge in [0.2, 0.25) is 0 Å². The van der Waals surface area contributed by atoms with E-state index in [1.54, 1.807) is 24.3 Å². The Bertz CT molecular complexity index is 1140. The maximum atomic E-state index is 13.4. The molecule has 0 fully saturated rings. The minimum Gasteiger partial charge on any atom is -0.494 e. The van der Waals surface area contributed by atoms with Crippen molar-refractivity contribution in [2.45, 2.75) is 20.8 Å². The maximum absolute atomic E-state index is 13.4. The lowest BCUT2D eigenvalue weighted by Gasteiger charge is -2.16. The molecule has 0 spiro atoms. The highest BCUT2D eigenvalue weighted by atomic mass is 16.5. The van der Waals surface area contributed by atoms with Gasteiger partial charge in [-0.1, -0.05) is 47.5 Å². The second-order valence-corrected chi connectivity index (χ2v) is 7.48. The molecule has 0 saturated carbocycles. The molecule has 0 unspecified atom stereocenters. The molecule has 0 bridgehead atoms. The lowest BCUT2D eigenvalue weighted by atomic mass is 10.0. The van der Waals surface area contributed by atoms with E-state index in [9.17, 15) is 9.59 Å². The molecular weight excluding hydrogens is 388 g/mol. The van der Waals surface area contributed by atoms with Crippen molar-refractivity contribution < 1.29 is 14.3 Å². The molecule has 0 saturated heterocycles. The fraction of sp³-hybridized carbons (Fsp3) is 0.154. The van der Waals surface area contributed by atoms with Gasteiger partial charge in [0.25, 0.3) is 11.8 Å². The van der Waals surface area contributed by atoms with E-state index in [2.05, 4.69) is 5.32 Å². The second-order valence-electron chi connectivity index (χ2n) is 7.48. The largest absolute Gasteiger partial charge is 0.494 e. The fourth-order valence-electron chi connectivity index (χ4n) is 3.51. The Labute approximate surface area is 182 Å². The summed E-state index contributed by atoms with van der Waals surface area (Å²) in [4.78, 5) is 28.1. The summed E-state index contributed by atoms with van der Waals surface area (Å²) < 4.78 is 5.48. The van der Waals surface area contributed by atoms with Gasteiger partial charge in [0.15, 0.2) is 0 Å². The Morgan fingerprint density at radius 2 is 1.35 bits per heavy atom. The zero-order chi connectivity index (χ0) is 22.0. The van der Waals surface area contributed by atoms with Crippen LogP contribution in [-0.2, 0) is 9.59 Å². The molecule has 5 heteroatoms. The lowest BCUT2D eigenvalue weighted by Crippen LogP contribution is -2.32. The van der Waals surface area contributed by atoms with Gasteiger partial charge < -0.3 is 10.1 Å². The van der Waals surface area contributed by atoms with Crippen molar-refractivity contribution in [1.29, 1.82) is 0 Å². The number of hydrogen-bond acceptors (Lipinski definition) is 4. The van der Waals surface area contributed by atoms with E-state index in [0.717, 1.165) is 16.8 Å². The van der Waals surface area contributed by atoms with Crippen LogP contribution >= 0.6 is 0 Å². The summed E-state index contributed by atoms with van der Waals surface area (Å²) in [5, 5.41) is 3.19. The molecule has 1 N–H and O–H groups in total. The highest BCUT2D eigenvalue weighted by Gasteiger charge is 2.40. The van der Waals surface area contributed by atoms with Crippen molar-refractivity contribution >= 4 is 28.8 Å². The van der Waals surface area contributed by atoms with Crippen LogP contribution < -0.4 is 15.0 Å². The average Bonchev–Trinajstić information content (AvgIpc) is 3.01. The van der Waals surface area contributed by atoms with Crippen molar-refractivity contribution in [3.8, 4) is 5.75 Å². The molecule has 0 aromatic heterocycles. The first kappa shape index (κ1) is 20.4. The average molecular weight is 412 g/mol. The maximum Gasteiger partial charge on any atom is 0.282 e. The summed E-state index contributed by atoms with van der Waals surface area (Å²) in [6.07, 6.45) is 0. The van der Waals surface area contributed by atoms with Gasteiger partial charge in [-0.25, -0.2) is 4.90 Å². The number of aryl methyl sites for hydroxylation is 2. The van der Waals surface area contributed by atoms with Crippen molar-refractivity contribution in [3.05, 3.63) is 95.2 Å². The summed E-state index contributed by atoms with van der Waals surface area (Å²) in [7, 11) is 0. The zero-order valence-electron chi connectivity index (χ0n) is 17.8. The van der Waals surface area contributed by atoms with Crippen LogP contribution in [0.25, 0.3) is 5.57 Å². The number of carbonyl (C=O) groups is 2. The number of anilines is 2. The molecule has 5 nitrogen and oxygen atoms in total. The molecule has 3 aromatic rings. The van der Waals surface area contributed by atoms with E-state index >= 15 is 0 Å². The van der Waals surface area contributed by atoms with Gasteiger partial charge in [0, 0.05) is 5.69 Å². The number of benzene rings is 3. The highest BCUT2D eigenvalue weighted by Crippen LogP contribution is 2.34. The molecule has 1 aliphatic rings. The molecular formula is C26H24N2O3. The number of carbonyl (C=O) groups excluding carboxylic acids is 2. The summed E-state index contributed by atoms with van der Waals surface area (Å²) >= 11 is 0. The first-order valence-electron chi connectivity index (χ1n) is 10.2. The predicted octanol–water partition coefficient (Wildman–Crippen LogP) is 5.10. The number of ether oxygens (including phenoxy) is 1. The molecule has 1 aliphatic heterocycles. The minimum absolute atomic E-state index is 0.270. The van der Waals surface area contributed by atoms with E-state index < -0.39 is 0 Å². The Kier molecular flexibility index (Phi) is 5.58. The molecule has 3 aromatic carbocycles. The van der Waals surface area contributed by atoms with Crippen molar-refractivity contribution in [2.24, 2.45) is 0 Å². The van der Waals surface area contributed by atoms with Crippen LogP contribution in [-0.4, -0.2) is 18.4 Å². The van der Waals surface area contributed by atoms with Crippen molar-refractivity contribution in [1.82, 2.24) is 0 Å². The first-order chi connectivity index (χ1) is 15.0. The highest BCUT2D eigenvalue weighted by molar-refractivity contribution is 6.46. The molecule has 4 rings (SSSR count). The van der Waals surface area contributed by atoms with Crippen molar-refractivity contribution in [2.75, 3.05) is 16.8 Å². The molecule has 156 valence electrons. The van der Waals surface area contributed by atoms with Gasteiger partial charge >= 0.3 is 0 Å². The molecule has 0 atom stereocenters. The standard InChI is InChI=1S/C26H24N2O3/c1-4-31-22-15-13-21(14-16-22)28-25(29)23(19-9-5-17(2)6-10-19)24(26(28)30)27-20-11-7-18(3)8-12-20/h5-16,27H,4H2,1-3H3. The number of hydrogen-bond donors (Lipinski definition) is 1. The van der Waals surface area contributed by atoms with Gasteiger partial charge in [-0.2, -0.15) is 0 Å². The summed E-state index contributed by atoms with van der Waals surface area (Å²) in [6, 6.07) is 22.3. The normalized spacial score (nSPS) is 13.7. The number of nitrogens with one attached hydrogen (secondary N) is 1. The van der Waals surface area contributed by atoms with E-state index in [1.165, 1.54) is 4.90 Å². The van der Waals surface area contributed by atoms with E-state index in [4.69, 9.17) is 4.74 Å². The van der Waals surface area contributed by atoms with Gasteiger partial charge in [-0.05, 0) is 62.7 Å². The SMILES string of the molecule is CCOc1ccc(N2C(=O)C(Nc3ccc(C)cc3)=C(c3ccc(C)cc3)C2=O)cc1.